The Morgan fingerprint density at radius 1 is 1.45 bits per heavy atom. The van der Waals surface area contributed by atoms with Crippen LogP contribution in [0.15, 0.2) is 18.2 Å². The van der Waals surface area contributed by atoms with Crippen LogP contribution < -0.4 is 10.5 Å². The number of rotatable bonds is 4. The second-order valence-electron chi connectivity index (χ2n) is 5.03. The number of piperidine rings is 1. The number of nitrogens with two attached hydrogens (primary N) is 1. The topological polar surface area (TPSA) is 75.4 Å². The number of hydrogen-bond donors (Lipinski definition) is 2. The van der Waals surface area contributed by atoms with Gasteiger partial charge in [0.15, 0.2) is 0 Å². The molecular formula is C13H20FN3O2S. The molecular weight excluding hydrogens is 281 g/mol. The molecule has 5 nitrogen and oxygen atoms in total. The van der Waals surface area contributed by atoms with Gasteiger partial charge >= 0.3 is 10.2 Å². The Morgan fingerprint density at radius 3 is 2.85 bits per heavy atom. The summed E-state index contributed by atoms with van der Waals surface area (Å²) < 4.78 is 42.3. The Balaban J connectivity index is 2.26. The normalized spacial score (nSPS) is 20.9. The number of para-hydroxylation sites is 1. The van der Waals surface area contributed by atoms with E-state index in [9.17, 15) is 12.8 Å². The molecule has 1 unspecified atom stereocenters. The summed E-state index contributed by atoms with van der Waals surface area (Å²) in [4.78, 5) is 0. The van der Waals surface area contributed by atoms with Crippen LogP contribution in [0.2, 0.25) is 0 Å². The number of aryl methyl sites for hydroxylation is 1. The summed E-state index contributed by atoms with van der Waals surface area (Å²) in [5.41, 5.74) is 6.19. The van der Waals surface area contributed by atoms with E-state index in [4.69, 9.17) is 5.73 Å². The summed E-state index contributed by atoms with van der Waals surface area (Å²) in [7, 11) is -3.78. The van der Waals surface area contributed by atoms with E-state index in [0.717, 1.165) is 19.3 Å². The van der Waals surface area contributed by atoms with Crippen molar-refractivity contribution in [2.24, 2.45) is 5.73 Å². The van der Waals surface area contributed by atoms with Crippen molar-refractivity contribution < 1.29 is 12.8 Å². The van der Waals surface area contributed by atoms with Crippen LogP contribution in [0.3, 0.4) is 0 Å². The first-order valence-corrected chi connectivity index (χ1v) is 8.14. The average molecular weight is 301 g/mol. The molecule has 1 aliphatic heterocycles. The smallest absolute Gasteiger partial charge is 0.302 e. The molecule has 0 saturated carbocycles. The Morgan fingerprint density at radius 2 is 2.20 bits per heavy atom. The number of halogens is 1. The number of nitrogens with one attached hydrogen (secondary N) is 1. The summed E-state index contributed by atoms with van der Waals surface area (Å²) in [6, 6.07) is 4.23. The van der Waals surface area contributed by atoms with Crippen LogP contribution in [0.25, 0.3) is 0 Å². The maximum Gasteiger partial charge on any atom is 0.302 e. The highest BCUT2D eigenvalue weighted by atomic mass is 32.2. The van der Waals surface area contributed by atoms with Crippen LogP contribution in [0.1, 0.15) is 24.8 Å². The molecule has 3 N–H and O–H groups in total. The van der Waals surface area contributed by atoms with Crippen LogP contribution in [-0.4, -0.2) is 31.9 Å². The van der Waals surface area contributed by atoms with Crippen molar-refractivity contribution in [3.63, 3.8) is 0 Å². The number of nitrogens with zero attached hydrogens (tertiary/aromatic N) is 1. The predicted octanol–water partition coefficient (Wildman–Crippen LogP) is 1.60. The van der Waals surface area contributed by atoms with Gasteiger partial charge in [-0.15, -0.1) is 0 Å². The maximum absolute atomic E-state index is 13.8. The van der Waals surface area contributed by atoms with E-state index in [1.54, 1.807) is 19.1 Å². The molecule has 1 aliphatic rings. The zero-order chi connectivity index (χ0) is 14.8. The molecule has 1 saturated heterocycles. The van der Waals surface area contributed by atoms with Crippen LogP contribution in [0.4, 0.5) is 10.1 Å². The molecule has 0 aliphatic carbocycles. The summed E-state index contributed by atoms with van der Waals surface area (Å²) in [5.74, 6) is -0.574. The van der Waals surface area contributed by atoms with Gasteiger partial charge in [0.25, 0.3) is 0 Å². The van der Waals surface area contributed by atoms with E-state index in [0.29, 0.717) is 12.1 Å². The minimum atomic E-state index is -3.78. The second-order valence-corrected chi connectivity index (χ2v) is 6.66. The largest absolute Gasteiger partial charge is 0.329 e. The van der Waals surface area contributed by atoms with E-state index in [1.807, 2.05) is 0 Å². The van der Waals surface area contributed by atoms with Gasteiger partial charge < -0.3 is 5.73 Å². The standard InChI is InChI=1S/C13H20FN3O2S/c1-10-5-4-7-12(14)13(10)16-20(18,19)17-8-3-2-6-11(17)9-15/h4-5,7,11,16H,2-3,6,8-9,15H2,1H3. The van der Waals surface area contributed by atoms with Crippen molar-refractivity contribution in [2.45, 2.75) is 32.2 Å². The summed E-state index contributed by atoms with van der Waals surface area (Å²) >= 11 is 0. The van der Waals surface area contributed by atoms with E-state index in [-0.39, 0.29) is 18.3 Å². The monoisotopic (exact) mass is 301 g/mol. The number of hydrogen-bond acceptors (Lipinski definition) is 3. The van der Waals surface area contributed by atoms with Crippen molar-refractivity contribution in [3.8, 4) is 0 Å². The fourth-order valence-electron chi connectivity index (χ4n) is 2.47. The molecule has 0 aromatic heterocycles. The van der Waals surface area contributed by atoms with Crippen LogP contribution in [0.5, 0.6) is 0 Å². The lowest BCUT2D eigenvalue weighted by atomic mass is 10.1. The van der Waals surface area contributed by atoms with Crippen molar-refractivity contribution in [1.29, 1.82) is 0 Å². The zero-order valence-corrected chi connectivity index (χ0v) is 12.3. The van der Waals surface area contributed by atoms with E-state index >= 15 is 0 Å². The van der Waals surface area contributed by atoms with Gasteiger partial charge in [-0.1, -0.05) is 18.6 Å². The van der Waals surface area contributed by atoms with E-state index in [1.165, 1.54) is 10.4 Å². The van der Waals surface area contributed by atoms with E-state index < -0.39 is 16.0 Å². The first-order chi connectivity index (χ1) is 9.45. The van der Waals surface area contributed by atoms with Gasteiger partial charge in [-0.2, -0.15) is 12.7 Å². The average Bonchev–Trinajstić information content (AvgIpc) is 2.43. The van der Waals surface area contributed by atoms with Crippen molar-refractivity contribution >= 4 is 15.9 Å². The lowest BCUT2D eigenvalue weighted by molar-refractivity contribution is 0.259. The van der Waals surface area contributed by atoms with Gasteiger partial charge in [-0.3, -0.25) is 4.72 Å². The minimum absolute atomic E-state index is 0.00819. The first kappa shape index (κ1) is 15.2. The highest BCUT2D eigenvalue weighted by Gasteiger charge is 2.32. The molecule has 0 radical (unpaired) electrons. The Hall–Kier alpha value is -1.18. The SMILES string of the molecule is Cc1cccc(F)c1NS(=O)(=O)N1CCCCC1CN. The summed E-state index contributed by atoms with van der Waals surface area (Å²) in [5, 5.41) is 0. The molecule has 1 heterocycles. The predicted molar refractivity (Wildman–Crippen MR) is 77.1 cm³/mol. The molecule has 7 heteroatoms. The molecule has 0 bridgehead atoms. The Kier molecular flexibility index (Phi) is 4.62. The van der Waals surface area contributed by atoms with Crippen LogP contribution in [0, 0.1) is 12.7 Å². The van der Waals surface area contributed by atoms with Crippen LogP contribution in [-0.2, 0) is 10.2 Å². The van der Waals surface area contributed by atoms with Crippen LogP contribution >= 0.6 is 0 Å². The lowest BCUT2D eigenvalue weighted by Crippen LogP contribution is -2.49. The summed E-state index contributed by atoms with van der Waals surface area (Å²) in [6.45, 7) is 2.36. The van der Waals surface area contributed by atoms with Gasteiger partial charge in [0.05, 0.1) is 5.69 Å². The fourth-order valence-corrected chi connectivity index (χ4v) is 4.06. The number of anilines is 1. The molecule has 0 spiro atoms. The van der Waals surface area contributed by atoms with E-state index in [2.05, 4.69) is 4.72 Å². The molecule has 112 valence electrons. The van der Waals surface area contributed by atoms with Crippen molar-refractivity contribution in [3.05, 3.63) is 29.6 Å². The van der Waals surface area contributed by atoms with Gasteiger partial charge in [0, 0.05) is 19.1 Å². The highest BCUT2D eigenvalue weighted by molar-refractivity contribution is 7.90. The molecule has 1 fully saturated rings. The quantitative estimate of drug-likeness (QED) is 0.887. The first-order valence-electron chi connectivity index (χ1n) is 6.70. The third kappa shape index (κ3) is 3.11. The zero-order valence-electron chi connectivity index (χ0n) is 11.5. The highest BCUT2D eigenvalue weighted by Crippen LogP contribution is 2.24. The molecule has 1 aromatic carbocycles. The Labute approximate surface area is 119 Å². The molecule has 2 rings (SSSR count). The van der Waals surface area contributed by atoms with Gasteiger partial charge in [-0.05, 0) is 31.4 Å². The maximum atomic E-state index is 13.8. The molecule has 1 aromatic rings. The molecule has 1 atom stereocenters. The lowest BCUT2D eigenvalue weighted by Gasteiger charge is -2.34. The fraction of sp³-hybridized carbons (Fsp3) is 0.538. The Bertz CT molecular complexity index is 557. The van der Waals surface area contributed by atoms with Gasteiger partial charge in [-0.25, -0.2) is 4.39 Å². The molecule has 0 amide bonds. The summed E-state index contributed by atoms with van der Waals surface area (Å²) in [6.07, 6.45) is 2.51. The van der Waals surface area contributed by atoms with Crippen molar-refractivity contribution in [1.82, 2.24) is 4.31 Å². The van der Waals surface area contributed by atoms with Gasteiger partial charge in [0.1, 0.15) is 5.82 Å². The minimum Gasteiger partial charge on any atom is -0.329 e. The van der Waals surface area contributed by atoms with Crippen molar-refractivity contribution in [2.75, 3.05) is 17.8 Å². The second kappa shape index (κ2) is 6.07. The van der Waals surface area contributed by atoms with Gasteiger partial charge in [0.2, 0.25) is 0 Å². The molecule has 20 heavy (non-hydrogen) atoms. The third-order valence-electron chi connectivity index (χ3n) is 3.61. The number of benzene rings is 1. The third-order valence-corrected chi connectivity index (χ3v) is 5.17.